The van der Waals surface area contributed by atoms with E-state index in [1.54, 1.807) is 20.8 Å². The smallest absolute Gasteiger partial charge is 0.408 e. The van der Waals surface area contributed by atoms with E-state index in [1.165, 1.54) is 0 Å². The molecule has 0 aliphatic carbocycles. The molecule has 0 aliphatic rings. The summed E-state index contributed by atoms with van der Waals surface area (Å²) >= 11 is 0. The maximum absolute atomic E-state index is 13.1. The van der Waals surface area contributed by atoms with Crippen molar-refractivity contribution in [3.05, 3.63) is 89.5 Å². The summed E-state index contributed by atoms with van der Waals surface area (Å²) in [4.78, 5) is 25.6. The molecule has 0 saturated heterocycles. The Bertz CT molecular complexity index is 1140. The molecular formula is C29H34N2O4. The van der Waals surface area contributed by atoms with Crippen molar-refractivity contribution >= 4 is 17.7 Å². The number of hydrogen-bond donors (Lipinski definition) is 2. The number of carbonyl (C=O) groups excluding carboxylic acids is 2. The average Bonchev–Trinajstić information content (AvgIpc) is 2.82. The first-order valence-corrected chi connectivity index (χ1v) is 11.7. The highest BCUT2D eigenvalue weighted by atomic mass is 16.6. The van der Waals surface area contributed by atoms with Crippen LogP contribution in [0, 0.1) is 6.92 Å². The molecule has 0 radical (unpaired) electrons. The zero-order valence-electron chi connectivity index (χ0n) is 21.1. The fraction of sp³-hybridized carbons (Fsp3) is 0.310. The lowest BCUT2D eigenvalue weighted by molar-refractivity contribution is -0.147. The lowest BCUT2D eigenvalue weighted by Crippen LogP contribution is -2.45. The summed E-state index contributed by atoms with van der Waals surface area (Å²) in [5.74, 6) is -0.522. The Morgan fingerprint density at radius 3 is 2.14 bits per heavy atom. The number of amides is 1. The predicted molar refractivity (Wildman–Crippen MR) is 139 cm³/mol. The number of alkyl carbamates (subject to hydrolysis) is 1. The lowest BCUT2D eigenvalue weighted by atomic mass is 9.93. The van der Waals surface area contributed by atoms with Crippen molar-refractivity contribution in [2.24, 2.45) is 0 Å². The van der Waals surface area contributed by atoms with E-state index in [2.05, 4.69) is 22.8 Å². The fourth-order valence-corrected chi connectivity index (χ4v) is 3.91. The highest BCUT2D eigenvalue weighted by molar-refractivity contribution is 5.83. The molecule has 0 spiro atoms. The van der Waals surface area contributed by atoms with Crippen LogP contribution in [-0.4, -0.2) is 30.8 Å². The molecule has 0 heterocycles. The number of hydrogen-bond acceptors (Lipinski definition) is 5. The first kappa shape index (κ1) is 25.8. The van der Waals surface area contributed by atoms with E-state index in [0.29, 0.717) is 0 Å². The van der Waals surface area contributed by atoms with Gasteiger partial charge in [-0.25, -0.2) is 9.59 Å². The van der Waals surface area contributed by atoms with Gasteiger partial charge in [0.2, 0.25) is 0 Å². The normalized spacial score (nSPS) is 11.9. The van der Waals surface area contributed by atoms with Crippen molar-refractivity contribution in [1.29, 1.82) is 0 Å². The summed E-state index contributed by atoms with van der Waals surface area (Å²) in [7, 11) is 1.85. The van der Waals surface area contributed by atoms with Crippen LogP contribution >= 0.6 is 0 Å². The van der Waals surface area contributed by atoms with Gasteiger partial charge in [-0.1, -0.05) is 72.8 Å². The SMILES string of the molecule is CNc1c(CC(NC(=O)OC(C)(C)C)C(=O)OCc2ccccc2)ccc(-c2ccccc2)c1C. The highest BCUT2D eigenvalue weighted by Crippen LogP contribution is 2.32. The van der Waals surface area contributed by atoms with Gasteiger partial charge in [0.25, 0.3) is 0 Å². The van der Waals surface area contributed by atoms with E-state index in [-0.39, 0.29) is 13.0 Å². The zero-order chi connectivity index (χ0) is 25.4. The molecule has 0 bridgehead atoms. The van der Waals surface area contributed by atoms with Gasteiger partial charge in [-0.05, 0) is 55.5 Å². The van der Waals surface area contributed by atoms with Crippen LogP contribution in [0.15, 0.2) is 72.8 Å². The summed E-state index contributed by atoms with van der Waals surface area (Å²) in [6.45, 7) is 7.50. The summed E-state index contributed by atoms with van der Waals surface area (Å²) in [5.41, 5.74) is 5.26. The lowest BCUT2D eigenvalue weighted by Gasteiger charge is -2.24. The molecule has 0 aromatic heterocycles. The van der Waals surface area contributed by atoms with Crippen molar-refractivity contribution in [2.75, 3.05) is 12.4 Å². The molecule has 2 N–H and O–H groups in total. The van der Waals surface area contributed by atoms with Crippen molar-refractivity contribution in [3.63, 3.8) is 0 Å². The Hall–Kier alpha value is -3.80. The van der Waals surface area contributed by atoms with E-state index >= 15 is 0 Å². The second-order valence-electron chi connectivity index (χ2n) is 9.38. The van der Waals surface area contributed by atoms with Crippen LogP contribution in [-0.2, 0) is 27.3 Å². The molecule has 1 amide bonds. The van der Waals surface area contributed by atoms with Gasteiger partial charge in [-0.3, -0.25) is 0 Å². The quantitative estimate of drug-likeness (QED) is 0.399. The molecule has 0 fully saturated rings. The summed E-state index contributed by atoms with van der Waals surface area (Å²) in [6.07, 6.45) is -0.415. The van der Waals surface area contributed by atoms with Gasteiger partial charge in [-0.15, -0.1) is 0 Å². The number of anilines is 1. The molecule has 0 saturated carbocycles. The number of ether oxygens (including phenoxy) is 2. The van der Waals surface area contributed by atoms with E-state index in [9.17, 15) is 9.59 Å². The third-order valence-corrected chi connectivity index (χ3v) is 5.51. The molecule has 6 nitrogen and oxygen atoms in total. The summed E-state index contributed by atoms with van der Waals surface area (Å²) in [6, 6.07) is 22.7. The second kappa shape index (κ2) is 11.6. The maximum Gasteiger partial charge on any atom is 0.408 e. The topological polar surface area (TPSA) is 76.7 Å². The Balaban J connectivity index is 1.86. The molecule has 35 heavy (non-hydrogen) atoms. The van der Waals surface area contributed by atoms with Crippen molar-refractivity contribution in [1.82, 2.24) is 5.32 Å². The minimum atomic E-state index is -0.914. The number of benzene rings is 3. The first-order valence-electron chi connectivity index (χ1n) is 11.7. The van der Waals surface area contributed by atoms with Gasteiger partial charge in [-0.2, -0.15) is 0 Å². The maximum atomic E-state index is 13.1. The van der Waals surface area contributed by atoms with E-state index in [0.717, 1.165) is 33.5 Å². The first-order chi connectivity index (χ1) is 16.7. The van der Waals surface area contributed by atoms with E-state index in [4.69, 9.17) is 9.47 Å². The molecular weight excluding hydrogens is 440 g/mol. The molecule has 184 valence electrons. The molecule has 1 atom stereocenters. The zero-order valence-corrected chi connectivity index (χ0v) is 21.1. The Morgan fingerprint density at radius 1 is 0.914 bits per heavy atom. The van der Waals surface area contributed by atoms with Gasteiger partial charge in [0.05, 0.1) is 0 Å². The number of esters is 1. The van der Waals surface area contributed by atoms with Gasteiger partial charge in [0.1, 0.15) is 18.2 Å². The third kappa shape index (κ3) is 7.34. The van der Waals surface area contributed by atoms with Crippen molar-refractivity contribution < 1.29 is 19.1 Å². The molecule has 3 rings (SSSR count). The van der Waals surface area contributed by atoms with Gasteiger partial charge < -0.3 is 20.1 Å². The van der Waals surface area contributed by atoms with Crippen molar-refractivity contribution in [2.45, 2.75) is 52.4 Å². The minimum Gasteiger partial charge on any atom is -0.459 e. The molecule has 3 aromatic carbocycles. The third-order valence-electron chi connectivity index (χ3n) is 5.51. The largest absolute Gasteiger partial charge is 0.459 e. The Labute approximate surface area is 207 Å². The predicted octanol–water partition coefficient (Wildman–Crippen LogP) is 5.88. The van der Waals surface area contributed by atoms with E-state index < -0.39 is 23.7 Å². The molecule has 6 heteroatoms. The number of rotatable bonds is 8. The molecule has 1 unspecified atom stereocenters. The highest BCUT2D eigenvalue weighted by Gasteiger charge is 2.27. The number of carbonyl (C=O) groups is 2. The Kier molecular flexibility index (Phi) is 8.53. The summed E-state index contributed by atoms with van der Waals surface area (Å²) in [5, 5.41) is 5.98. The van der Waals surface area contributed by atoms with Crippen molar-refractivity contribution in [3.8, 4) is 11.1 Å². The van der Waals surface area contributed by atoms with Crippen LogP contribution in [0.1, 0.15) is 37.5 Å². The van der Waals surface area contributed by atoms with Crippen LogP contribution in [0.5, 0.6) is 0 Å². The Morgan fingerprint density at radius 2 is 1.54 bits per heavy atom. The fourth-order valence-electron chi connectivity index (χ4n) is 3.91. The van der Waals surface area contributed by atoms with Crippen LogP contribution in [0.4, 0.5) is 10.5 Å². The minimum absolute atomic E-state index is 0.122. The van der Waals surface area contributed by atoms with Gasteiger partial charge >= 0.3 is 12.1 Å². The average molecular weight is 475 g/mol. The molecule has 0 aliphatic heterocycles. The number of nitrogens with one attached hydrogen (secondary N) is 2. The van der Waals surface area contributed by atoms with Crippen LogP contribution in [0.3, 0.4) is 0 Å². The van der Waals surface area contributed by atoms with Gasteiger partial charge in [0, 0.05) is 19.2 Å². The standard InChI is InChI=1S/C29H34N2O4/c1-20-24(22-14-10-7-11-15-22)17-16-23(26(20)30-5)18-25(31-28(33)35-29(2,3)4)27(32)34-19-21-12-8-6-9-13-21/h6-17,25,30H,18-19H2,1-5H3,(H,31,33). The van der Waals surface area contributed by atoms with Crippen LogP contribution < -0.4 is 10.6 Å². The van der Waals surface area contributed by atoms with Crippen LogP contribution in [0.2, 0.25) is 0 Å². The monoisotopic (exact) mass is 474 g/mol. The van der Waals surface area contributed by atoms with Crippen LogP contribution in [0.25, 0.3) is 11.1 Å². The van der Waals surface area contributed by atoms with Gasteiger partial charge in [0.15, 0.2) is 0 Å². The molecule has 3 aromatic rings. The van der Waals surface area contributed by atoms with E-state index in [1.807, 2.05) is 74.6 Å². The summed E-state index contributed by atoms with van der Waals surface area (Å²) < 4.78 is 11.0. The second-order valence-corrected chi connectivity index (χ2v) is 9.38.